The summed E-state index contributed by atoms with van der Waals surface area (Å²) in [6.45, 7) is 2.31. The molecule has 0 radical (unpaired) electrons. The number of rotatable bonds is 3. The van der Waals surface area contributed by atoms with Gasteiger partial charge in [-0.3, -0.25) is 0 Å². The summed E-state index contributed by atoms with van der Waals surface area (Å²) >= 11 is 3.89. The average Bonchev–Trinajstić information content (AvgIpc) is 2.03. The zero-order chi connectivity index (χ0) is 8.10. The van der Waals surface area contributed by atoms with Gasteiger partial charge >= 0.3 is 86.7 Å². The van der Waals surface area contributed by atoms with Gasteiger partial charge in [0.05, 0.1) is 0 Å². The van der Waals surface area contributed by atoms with E-state index in [1.807, 2.05) is 0 Å². The van der Waals surface area contributed by atoms with E-state index in [4.69, 9.17) is 0 Å². The fourth-order valence-electron chi connectivity index (χ4n) is 1.09. The van der Waals surface area contributed by atoms with E-state index in [0.29, 0.717) is 0 Å². The number of hydrogen-bond acceptors (Lipinski definition) is 1. The maximum atomic E-state index is 4.41. The Morgan fingerprint density at radius 1 is 1.36 bits per heavy atom. The van der Waals surface area contributed by atoms with E-state index in [0.717, 1.165) is 0 Å². The van der Waals surface area contributed by atoms with Crippen molar-refractivity contribution in [3.05, 3.63) is 29.8 Å². The molecule has 1 rings (SSSR count). The summed E-state index contributed by atoms with van der Waals surface area (Å²) in [5.74, 6) is 0. The zero-order valence-corrected chi connectivity index (χ0v) is 13.3. The fourth-order valence-corrected chi connectivity index (χ4v) is 6.73. The van der Waals surface area contributed by atoms with Gasteiger partial charge in [0, 0.05) is 0 Å². The van der Waals surface area contributed by atoms with Crippen molar-refractivity contribution < 1.29 is 24.6 Å². The molecule has 0 heterocycles. The Morgan fingerprint density at radius 2 is 2.09 bits per heavy atom. The molecule has 2 heteroatoms. The summed E-state index contributed by atoms with van der Waals surface area (Å²) in [5.41, 5.74) is 1.47. The molecule has 0 aromatic heterocycles. The first kappa shape index (κ1) is 9.59. The topological polar surface area (TPSA) is 0 Å². The van der Waals surface area contributed by atoms with Crippen molar-refractivity contribution in [2.75, 3.05) is 0 Å². The Hall–Kier alpha value is 0.505. The predicted molar refractivity (Wildman–Crippen MR) is 47.9 cm³/mol. The minimum absolute atomic E-state index is 0.512. The van der Waals surface area contributed by atoms with Crippen molar-refractivity contribution in [2.45, 2.75) is 19.7 Å². The molecule has 0 saturated carbocycles. The van der Waals surface area contributed by atoms with Crippen molar-refractivity contribution >= 4 is 12.6 Å². The Balaban J connectivity index is 2.62. The van der Waals surface area contributed by atoms with Crippen LogP contribution in [0.2, 0.25) is 3.93 Å². The molecule has 0 amide bonds. The van der Waals surface area contributed by atoms with E-state index in [9.17, 15) is 0 Å². The Labute approximate surface area is 86.2 Å². The molecule has 0 atom stereocenters. The molecule has 0 unspecified atom stereocenters. The quantitative estimate of drug-likeness (QED) is 0.627. The molecular formula is C9H12HgS. The number of thiol groups is 1. The first-order chi connectivity index (χ1) is 5.34. The summed E-state index contributed by atoms with van der Waals surface area (Å²) in [4.78, 5) is 1.18. The molecule has 1 aromatic carbocycles. The Kier molecular flexibility index (Phi) is 4.54. The second kappa shape index (κ2) is 5.20. The van der Waals surface area contributed by atoms with Crippen LogP contribution >= 0.6 is 12.6 Å². The van der Waals surface area contributed by atoms with Gasteiger partial charge in [0.1, 0.15) is 0 Å². The van der Waals surface area contributed by atoms with Gasteiger partial charge in [0.15, 0.2) is 0 Å². The van der Waals surface area contributed by atoms with Crippen molar-refractivity contribution in [1.82, 2.24) is 0 Å². The molecule has 0 aliphatic rings. The van der Waals surface area contributed by atoms with Gasteiger partial charge < -0.3 is 0 Å². The SMILES string of the molecule is C[CH2][Hg][CH2]c1ccccc1S. The molecule has 0 fully saturated rings. The van der Waals surface area contributed by atoms with Gasteiger partial charge in [-0.1, -0.05) is 0 Å². The third-order valence-electron chi connectivity index (χ3n) is 1.79. The molecule has 0 bridgehead atoms. The van der Waals surface area contributed by atoms with Crippen molar-refractivity contribution in [1.29, 1.82) is 0 Å². The van der Waals surface area contributed by atoms with E-state index in [-0.39, 0.29) is 0 Å². The maximum absolute atomic E-state index is 4.41. The van der Waals surface area contributed by atoms with Crippen LogP contribution in [0.1, 0.15) is 12.5 Å². The van der Waals surface area contributed by atoms with Crippen LogP contribution in [-0.4, -0.2) is 0 Å². The first-order valence-corrected chi connectivity index (χ1v) is 12.3. The van der Waals surface area contributed by atoms with E-state index < -0.39 is 24.6 Å². The third kappa shape index (κ3) is 3.16. The molecule has 0 spiro atoms. The summed E-state index contributed by atoms with van der Waals surface area (Å²) in [6, 6.07) is 8.45. The van der Waals surface area contributed by atoms with Gasteiger partial charge in [-0.2, -0.15) is 0 Å². The van der Waals surface area contributed by atoms with Gasteiger partial charge in [0.2, 0.25) is 0 Å². The van der Waals surface area contributed by atoms with Crippen LogP contribution in [0.15, 0.2) is 29.2 Å². The number of benzene rings is 1. The zero-order valence-electron chi connectivity index (χ0n) is 6.88. The summed E-state index contributed by atoms with van der Waals surface area (Å²) < 4.78 is 2.86. The molecular weight excluding hydrogens is 341 g/mol. The molecule has 0 aliphatic heterocycles. The second-order valence-electron chi connectivity index (χ2n) is 2.73. The van der Waals surface area contributed by atoms with Crippen LogP contribution in [0, 0.1) is 0 Å². The molecule has 11 heavy (non-hydrogen) atoms. The summed E-state index contributed by atoms with van der Waals surface area (Å²) in [6.07, 6.45) is 0. The normalized spacial score (nSPS) is 9.27. The minimum atomic E-state index is -0.512. The van der Waals surface area contributed by atoms with E-state index in [1.54, 1.807) is 0 Å². The molecule has 0 N–H and O–H groups in total. The van der Waals surface area contributed by atoms with Crippen molar-refractivity contribution in [2.24, 2.45) is 0 Å². The van der Waals surface area contributed by atoms with Gasteiger partial charge in [0.25, 0.3) is 0 Å². The van der Waals surface area contributed by atoms with E-state index >= 15 is 0 Å². The second-order valence-corrected chi connectivity index (χ2v) is 11.8. The Bertz CT molecular complexity index is 223. The Morgan fingerprint density at radius 3 is 2.73 bits per heavy atom. The summed E-state index contributed by atoms with van der Waals surface area (Å²) in [5, 5.41) is 0. The van der Waals surface area contributed by atoms with Gasteiger partial charge in [-0.25, -0.2) is 0 Å². The van der Waals surface area contributed by atoms with E-state index in [2.05, 4.69) is 43.8 Å². The number of hydrogen-bond donors (Lipinski definition) is 1. The first-order valence-electron chi connectivity index (χ1n) is 4.11. The van der Waals surface area contributed by atoms with Crippen LogP contribution in [-0.2, 0) is 28.5 Å². The molecule has 1 aromatic rings. The van der Waals surface area contributed by atoms with Crippen LogP contribution in [0.3, 0.4) is 0 Å². The molecule has 0 saturated heterocycles. The van der Waals surface area contributed by atoms with Gasteiger partial charge in [-0.05, 0) is 0 Å². The standard InChI is InChI=1S/C7H7S.C2H5.Hg/c1-6-4-2-3-5-7(6)8;1-2;/h2-5,8H,1H2;1H2,2H3;. The predicted octanol–water partition coefficient (Wildman–Crippen LogP) is 3.00. The van der Waals surface area contributed by atoms with Crippen LogP contribution in [0.5, 0.6) is 0 Å². The molecule has 0 nitrogen and oxygen atoms in total. The van der Waals surface area contributed by atoms with Gasteiger partial charge in [-0.15, -0.1) is 0 Å². The van der Waals surface area contributed by atoms with Crippen LogP contribution in [0.4, 0.5) is 0 Å². The van der Waals surface area contributed by atoms with Crippen LogP contribution in [0.25, 0.3) is 0 Å². The van der Waals surface area contributed by atoms with Crippen molar-refractivity contribution in [3.63, 3.8) is 0 Å². The monoisotopic (exact) mass is 354 g/mol. The van der Waals surface area contributed by atoms with Crippen molar-refractivity contribution in [3.8, 4) is 0 Å². The summed E-state index contributed by atoms with van der Waals surface area (Å²) in [7, 11) is 0. The molecule has 56 valence electrons. The average molecular weight is 353 g/mol. The fraction of sp³-hybridized carbons (Fsp3) is 0.333. The van der Waals surface area contributed by atoms with Crippen LogP contribution < -0.4 is 0 Å². The van der Waals surface area contributed by atoms with E-state index in [1.165, 1.54) is 18.3 Å². The third-order valence-corrected chi connectivity index (χ3v) is 8.44. The molecule has 0 aliphatic carbocycles.